The summed E-state index contributed by atoms with van der Waals surface area (Å²) >= 11 is 0. The number of piperidine rings is 1. The lowest BCUT2D eigenvalue weighted by molar-refractivity contribution is 0.405. The maximum atomic E-state index is 5.52. The highest BCUT2D eigenvalue weighted by molar-refractivity contribution is 5.16. The van der Waals surface area contributed by atoms with Crippen LogP contribution >= 0.6 is 0 Å². The zero-order valence-corrected chi connectivity index (χ0v) is 8.37. The van der Waals surface area contributed by atoms with Gasteiger partial charge in [-0.2, -0.15) is 0 Å². The van der Waals surface area contributed by atoms with Crippen LogP contribution in [0.1, 0.15) is 36.6 Å². The number of hydrogen-bond acceptors (Lipinski definition) is 3. The van der Waals surface area contributed by atoms with Crippen molar-refractivity contribution in [2.45, 2.75) is 31.8 Å². The average molecular weight is 191 g/mol. The molecule has 76 valence electrons. The topological polar surface area (TPSA) is 50.9 Å². The van der Waals surface area contributed by atoms with Gasteiger partial charge in [0.25, 0.3) is 0 Å². The van der Waals surface area contributed by atoms with Crippen LogP contribution in [0, 0.1) is 0 Å². The van der Waals surface area contributed by atoms with Crippen molar-refractivity contribution in [1.82, 2.24) is 10.3 Å². The first-order valence-corrected chi connectivity index (χ1v) is 5.28. The molecule has 0 bridgehead atoms. The molecule has 2 heterocycles. The van der Waals surface area contributed by atoms with Gasteiger partial charge in [-0.05, 0) is 31.0 Å². The fourth-order valence-corrected chi connectivity index (χ4v) is 1.87. The Labute approximate surface area is 84.7 Å². The van der Waals surface area contributed by atoms with Crippen LogP contribution in [0.25, 0.3) is 0 Å². The Morgan fingerprint density at radius 2 is 2.36 bits per heavy atom. The Morgan fingerprint density at radius 1 is 1.43 bits per heavy atom. The largest absolute Gasteiger partial charge is 0.326 e. The molecule has 3 N–H and O–H groups in total. The van der Waals surface area contributed by atoms with Crippen LogP contribution in [0.5, 0.6) is 0 Å². The Hall–Kier alpha value is -0.930. The number of pyridine rings is 1. The van der Waals surface area contributed by atoms with Crippen LogP contribution in [-0.4, -0.2) is 11.5 Å². The predicted octanol–water partition coefficient (Wildman–Crippen LogP) is 1.35. The van der Waals surface area contributed by atoms with Crippen molar-refractivity contribution < 1.29 is 0 Å². The fraction of sp³-hybridized carbons (Fsp3) is 0.545. The number of nitrogens with two attached hydrogens (primary N) is 1. The van der Waals surface area contributed by atoms with Gasteiger partial charge in [-0.1, -0.05) is 12.5 Å². The molecule has 1 aromatic rings. The van der Waals surface area contributed by atoms with Crippen LogP contribution in [0.4, 0.5) is 0 Å². The van der Waals surface area contributed by atoms with Gasteiger partial charge in [0.05, 0.1) is 5.69 Å². The number of rotatable bonds is 2. The summed E-state index contributed by atoms with van der Waals surface area (Å²) in [7, 11) is 0. The summed E-state index contributed by atoms with van der Waals surface area (Å²) in [5, 5.41) is 3.48. The highest BCUT2D eigenvalue weighted by Crippen LogP contribution is 2.20. The third kappa shape index (κ3) is 2.11. The van der Waals surface area contributed by atoms with E-state index in [9.17, 15) is 0 Å². The molecule has 0 saturated carbocycles. The molecule has 0 aromatic carbocycles. The van der Waals surface area contributed by atoms with Crippen molar-refractivity contribution in [3.05, 3.63) is 29.6 Å². The van der Waals surface area contributed by atoms with Crippen molar-refractivity contribution in [2.24, 2.45) is 5.73 Å². The van der Waals surface area contributed by atoms with Gasteiger partial charge < -0.3 is 11.1 Å². The molecular weight excluding hydrogens is 174 g/mol. The highest BCUT2D eigenvalue weighted by Gasteiger charge is 2.15. The standard InChI is InChI=1S/C11H17N3/c12-7-9-4-5-11(14-8-9)10-3-1-2-6-13-10/h4-5,8,10,13H,1-3,6-7,12H2. The van der Waals surface area contributed by atoms with Gasteiger partial charge in [-0.25, -0.2) is 0 Å². The SMILES string of the molecule is NCc1ccc(C2CCCCN2)nc1. The first-order chi connectivity index (χ1) is 6.90. The van der Waals surface area contributed by atoms with Gasteiger partial charge in [0.1, 0.15) is 0 Å². The lowest BCUT2D eigenvalue weighted by atomic mass is 10.0. The lowest BCUT2D eigenvalue weighted by Crippen LogP contribution is -2.27. The molecule has 3 nitrogen and oxygen atoms in total. The van der Waals surface area contributed by atoms with E-state index in [0.717, 1.165) is 17.8 Å². The molecule has 1 aliphatic heterocycles. The quantitative estimate of drug-likeness (QED) is 0.742. The van der Waals surface area contributed by atoms with Crippen LogP contribution in [0.2, 0.25) is 0 Å². The molecule has 0 spiro atoms. The van der Waals surface area contributed by atoms with Crippen molar-refractivity contribution >= 4 is 0 Å². The Kier molecular flexibility index (Phi) is 3.11. The van der Waals surface area contributed by atoms with Gasteiger partial charge in [0.2, 0.25) is 0 Å². The molecule has 0 amide bonds. The Morgan fingerprint density at radius 3 is 2.93 bits per heavy atom. The smallest absolute Gasteiger partial charge is 0.0573 e. The normalized spacial score (nSPS) is 22.2. The van der Waals surface area contributed by atoms with E-state index in [2.05, 4.69) is 22.4 Å². The summed E-state index contributed by atoms with van der Waals surface area (Å²) in [6.07, 6.45) is 5.68. The van der Waals surface area contributed by atoms with Crippen molar-refractivity contribution in [1.29, 1.82) is 0 Å². The van der Waals surface area contributed by atoms with Crippen LogP contribution < -0.4 is 11.1 Å². The molecule has 2 rings (SSSR count). The third-order valence-electron chi connectivity index (χ3n) is 2.75. The summed E-state index contributed by atoms with van der Waals surface area (Å²) in [6.45, 7) is 1.69. The van der Waals surface area contributed by atoms with Crippen LogP contribution in [0.3, 0.4) is 0 Å². The first kappa shape index (κ1) is 9.62. The molecule has 1 aromatic heterocycles. The molecule has 0 aliphatic carbocycles. The maximum Gasteiger partial charge on any atom is 0.0573 e. The molecule has 14 heavy (non-hydrogen) atoms. The van der Waals surface area contributed by atoms with Gasteiger partial charge >= 0.3 is 0 Å². The monoisotopic (exact) mass is 191 g/mol. The van der Waals surface area contributed by atoms with E-state index in [1.54, 1.807) is 0 Å². The van der Waals surface area contributed by atoms with Crippen molar-refractivity contribution in [2.75, 3.05) is 6.54 Å². The highest BCUT2D eigenvalue weighted by atomic mass is 14.9. The lowest BCUT2D eigenvalue weighted by Gasteiger charge is -2.22. The molecule has 1 fully saturated rings. The summed E-state index contributed by atoms with van der Waals surface area (Å²) in [5.74, 6) is 0. The molecule has 3 heteroatoms. The molecule has 1 unspecified atom stereocenters. The summed E-state index contributed by atoms with van der Waals surface area (Å²) in [6, 6.07) is 4.61. The zero-order valence-electron chi connectivity index (χ0n) is 8.37. The number of hydrogen-bond donors (Lipinski definition) is 2. The van der Waals surface area contributed by atoms with Crippen LogP contribution in [-0.2, 0) is 6.54 Å². The first-order valence-electron chi connectivity index (χ1n) is 5.28. The van der Waals surface area contributed by atoms with E-state index >= 15 is 0 Å². The summed E-state index contributed by atoms with van der Waals surface area (Å²) in [5.41, 5.74) is 7.78. The van der Waals surface area contributed by atoms with Gasteiger partial charge in [0.15, 0.2) is 0 Å². The third-order valence-corrected chi connectivity index (χ3v) is 2.75. The fourth-order valence-electron chi connectivity index (χ4n) is 1.87. The minimum atomic E-state index is 0.454. The van der Waals surface area contributed by atoms with Gasteiger partial charge in [-0.3, -0.25) is 4.98 Å². The maximum absolute atomic E-state index is 5.52. The number of nitrogens with one attached hydrogen (secondary N) is 1. The average Bonchev–Trinajstić information content (AvgIpc) is 2.30. The minimum absolute atomic E-state index is 0.454. The van der Waals surface area contributed by atoms with Gasteiger partial charge in [-0.15, -0.1) is 0 Å². The molecular formula is C11H17N3. The van der Waals surface area contributed by atoms with E-state index in [1.165, 1.54) is 19.3 Å². The Balaban J connectivity index is 2.07. The minimum Gasteiger partial charge on any atom is -0.326 e. The van der Waals surface area contributed by atoms with E-state index in [4.69, 9.17) is 5.73 Å². The zero-order chi connectivity index (χ0) is 9.80. The second-order valence-corrected chi connectivity index (χ2v) is 3.80. The number of aromatic nitrogens is 1. The van der Waals surface area contributed by atoms with Crippen molar-refractivity contribution in [3.63, 3.8) is 0 Å². The summed E-state index contributed by atoms with van der Waals surface area (Å²) in [4.78, 5) is 4.43. The molecule has 1 aliphatic rings. The van der Waals surface area contributed by atoms with E-state index in [1.807, 2.05) is 6.20 Å². The predicted molar refractivity (Wildman–Crippen MR) is 56.7 cm³/mol. The number of nitrogens with zero attached hydrogens (tertiary/aromatic N) is 1. The van der Waals surface area contributed by atoms with Crippen molar-refractivity contribution in [3.8, 4) is 0 Å². The second-order valence-electron chi connectivity index (χ2n) is 3.80. The van der Waals surface area contributed by atoms with Gasteiger partial charge in [0, 0.05) is 18.8 Å². The Bertz CT molecular complexity index is 275. The molecule has 1 atom stereocenters. The van der Waals surface area contributed by atoms with E-state index < -0.39 is 0 Å². The molecule has 0 radical (unpaired) electrons. The van der Waals surface area contributed by atoms with E-state index in [0.29, 0.717) is 12.6 Å². The van der Waals surface area contributed by atoms with Crippen LogP contribution in [0.15, 0.2) is 18.3 Å². The second kappa shape index (κ2) is 4.53. The molecule has 1 saturated heterocycles. The summed E-state index contributed by atoms with van der Waals surface area (Å²) < 4.78 is 0. The van der Waals surface area contributed by atoms with E-state index in [-0.39, 0.29) is 0 Å².